The van der Waals surface area contributed by atoms with Gasteiger partial charge in [0, 0.05) is 12.1 Å². The molecule has 0 saturated carbocycles. The number of nitrogens with zero attached hydrogens (tertiary/aromatic N) is 3. The van der Waals surface area contributed by atoms with Gasteiger partial charge in [0.1, 0.15) is 5.75 Å². The van der Waals surface area contributed by atoms with E-state index >= 15 is 0 Å². The number of nitrogens with one attached hydrogen (secondary N) is 1. The van der Waals surface area contributed by atoms with Gasteiger partial charge in [0.2, 0.25) is 5.91 Å². The van der Waals surface area contributed by atoms with Gasteiger partial charge >= 0.3 is 0 Å². The van der Waals surface area contributed by atoms with Gasteiger partial charge in [-0.3, -0.25) is 4.79 Å². The Morgan fingerprint density at radius 2 is 1.96 bits per heavy atom. The summed E-state index contributed by atoms with van der Waals surface area (Å²) in [4.78, 5) is 12.2. The van der Waals surface area contributed by atoms with E-state index in [0.717, 1.165) is 5.75 Å². The van der Waals surface area contributed by atoms with Gasteiger partial charge in [-0.15, -0.1) is 10.2 Å². The summed E-state index contributed by atoms with van der Waals surface area (Å²) < 4.78 is 7.70. The summed E-state index contributed by atoms with van der Waals surface area (Å²) in [5.74, 6) is 1.37. The number of ether oxygens (including phenoxy) is 1. The van der Waals surface area contributed by atoms with Crippen LogP contribution in [0, 0.1) is 0 Å². The molecule has 0 fully saturated rings. The third-order valence-electron chi connectivity index (χ3n) is 3.82. The van der Waals surface area contributed by atoms with Crippen molar-refractivity contribution < 1.29 is 9.53 Å². The number of benzene rings is 2. The maximum absolute atomic E-state index is 12.2. The number of carbonyl (C=O) groups excluding carboxylic acids is 1. The summed E-state index contributed by atoms with van der Waals surface area (Å²) in [5.41, 5.74) is 0.475. The van der Waals surface area contributed by atoms with Gasteiger partial charge < -0.3 is 14.6 Å². The van der Waals surface area contributed by atoms with Crippen LogP contribution in [0.5, 0.6) is 5.75 Å². The number of anilines is 1. The van der Waals surface area contributed by atoms with E-state index in [2.05, 4.69) is 15.5 Å². The molecular weight excluding hydrogens is 419 g/mol. The Morgan fingerprint density at radius 3 is 2.71 bits per heavy atom. The lowest BCUT2D eigenvalue weighted by Gasteiger charge is -2.14. The molecule has 0 unspecified atom stereocenters. The van der Waals surface area contributed by atoms with Crippen LogP contribution in [0.4, 0.5) is 5.69 Å². The van der Waals surface area contributed by atoms with Crippen molar-refractivity contribution in [3.05, 3.63) is 64.4 Å². The third kappa shape index (κ3) is 5.19. The lowest BCUT2D eigenvalue weighted by Crippen LogP contribution is -2.15. The molecule has 6 nitrogen and oxygen atoms in total. The zero-order chi connectivity index (χ0) is 20.1. The highest BCUT2D eigenvalue weighted by atomic mass is 35.5. The van der Waals surface area contributed by atoms with Gasteiger partial charge in [-0.05, 0) is 37.3 Å². The molecule has 0 radical (unpaired) electrons. The van der Waals surface area contributed by atoms with E-state index < -0.39 is 0 Å². The Kier molecular flexibility index (Phi) is 6.83. The number of rotatable bonds is 7. The van der Waals surface area contributed by atoms with Crippen LogP contribution >= 0.6 is 35.0 Å². The predicted molar refractivity (Wildman–Crippen MR) is 112 cm³/mol. The van der Waals surface area contributed by atoms with E-state index in [1.807, 2.05) is 48.9 Å². The molecule has 1 amide bonds. The standard InChI is InChI=1S/C19H18Cl2N4O2S/c1-12(27-14-6-4-3-5-7-14)18-23-24-19(25(18)2)28-11-17(26)22-16-10-13(20)8-9-15(16)21/h3-10,12H,11H2,1-2H3,(H,22,26)/t12-/m0/s1. The Hall–Kier alpha value is -2.22. The van der Waals surface area contributed by atoms with Crippen LogP contribution in [0.1, 0.15) is 18.9 Å². The molecule has 9 heteroatoms. The average Bonchev–Trinajstić information content (AvgIpc) is 3.04. The number of aromatic nitrogens is 3. The molecule has 1 heterocycles. The highest BCUT2D eigenvalue weighted by Gasteiger charge is 2.18. The molecule has 1 N–H and O–H groups in total. The predicted octanol–water partition coefficient (Wildman–Crippen LogP) is 4.99. The van der Waals surface area contributed by atoms with E-state index in [1.54, 1.807) is 18.2 Å². The number of hydrogen-bond acceptors (Lipinski definition) is 5. The van der Waals surface area contributed by atoms with E-state index in [0.29, 0.717) is 26.7 Å². The normalized spacial score (nSPS) is 11.9. The summed E-state index contributed by atoms with van der Waals surface area (Å²) in [5, 5.41) is 12.6. The van der Waals surface area contributed by atoms with Crippen molar-refractivity contribution in [2.24, 2.45) is 7.05 Å². The Morgan fingerprint density at radius 1 is 1.21 bits per heavy atom. The van der Waals surface area contributed by atoms with Gasteiger partial charge in [-0.1, -0.05) is 53.2 Å². The quantitative estimate of drug-likeness (QED) is 0.528. The zero-order valence-electron chi connectivity index (χ0n) is 15.2. The number of halogens is 2. The lowest BCUT2D eigenvalue weighted by molar-refractivity contribution is -0.113. The van der Waals surface area contributed by atoms with Crippen molar-refractivity contribution >= 4 is 46.6 Å². The van der Waals surface area contributed by atoms with Gasteiger partial charge in [-0.2, -0.15) is 0 Å². The van der Waals surface area contributed by atoms with Gasteiger partial charge in [0.25, 0.3) is 0 Å². The van der Waals surface area contributed by atoms with Crippen LogP contribution in [-0.4, -0.2) is 26.4 Å². The number of hydrogen-bond donors (Lipinski definition) is 1. The topological polar surface area (TPSA) is 69.0 Å². The van der Waals surface area contributed by atoms with E-state index in [-0.39, 0.29) is 17.8 Å². The van der Waals surface area contributed by atoms with Crippen molar-refractivity contribution in [1.29, 1.82) is 0 Å². The highest BCUT2D eigenvalue weighted by molar-refractivity contribution is 7.99. The fraction of sp³-hybridized carbons (Fsp3) is 0.211. The number of para-hydroxylation sites is 1. The summed E-state index contributed by atoms with van der Waals surface area (Å²) in [6.45, 7) is 1.90. The Bertz CT molecular complexity index is 966. The molecular formula is C19H18Cl2N4O2S. The SMILES string of the molecule is C[C@H](Oc1ccccc1)c1nnc(SCC(=O)Nc2cc(Cl)ccc2Cl)n1C. The van der Waals surface area contributed by atoms with E-state index in [1.165, 1.54) is 11.8 Å². The maximum Gasteiger partial charge on any atom is 0.234 e. The summed E-state index contributed by atoms with van der Waals surface area (Å²) in [6, 6.07) is 14.4. The number of amides is 1. The van der Waals surface area contributed by atoms with Crippen LogP contribution in [-0.2, 0) is 11.8 Å². The molecule has 3 rings (SSSR count). The first-order chi connectivity index (χ1) is 13.4. The Balaban J connectivity index is 1.59. The molecule has 146 valence electrons. The van der Waals surface area contributed by atoms with Crippen LogP contribution < -0.4 is 10.1 Å². The average molecular weight is 437 g/mol. The first kappa shape index (κ1) is 20.5. The van der Waals surface area contributed by atoms with Crippen molar-refractivity contribution in [2.45, 2.75) is 18.2 Å². The summed E-state index contributed by atoms with van der Waals surface area (Å²) >= 11 is 13.3. The van der Waals surface area contributed by atoms with Gasteiger partial charge in [-0.25, -0.2) is 0 Å². The van der Waals surface area contributed by atoms with Gasteiger partial charge in [0.05, 0.1) is 16.5 Å². The van der Waals surface area contributed by atoms with Crippen molar-refractivity contribution in [2.75, 3.05) is 11.1 Å². The molecule has 0 spiro atoms. The maximum atomic E-state index is 12.2. The molecule has 0 aliphatic heterocycles. The minimum atomic E-state index is -0.284. The highest BCUT2D eigenvalue weighted by Crippen LogP contribution is 2.26. The minimum absolute atomic E-state index is 0.155. The minimum Gasteiger partial charge on any atom is -0.483 e. The van der Waals surface area contributed by atoms with Crippen molar-refractivity contribution in [1.82, 2.24) is 14.8 Å². The van der Waals surface area contributed by atoms with Gasteiger partial charge in [0.15, 0.2) is 17.1 Å². The van der Waals surface area contributed by atoms with Crippen molar-refractivity contribution in [3.63, 3.8) is 0 Å². The molecule has 0 aliphatic rings. The summed E-state index contributed by atoms with van der Waals surface area (Å²) in [7, 11) is 1.84. The number of carbonyl (C=O) groups is 1. The molecule has 28 heavy (non-hydrogen) atoms. The van der Waals surface area contributed by atoms with Crippen LogP contribution in [0.3, 0.4) is 0 Å². The second kappa shape index (κ2) is 9.32. The fourth-order valence-corrected chi connectivity index (χ4v) is 3.53. The first-order valence-corrected chi connectivity index (χ1v) is 10.2. The molecule has 0 bridgehead atoms. The fourth-order valence-electron chi connectivity index (χ4n) is 2.47. The van der Waals surface area contributed by atoms with Crippen LogP contribution in [0.2, 0.25) is 10.0 Å². The van der Waals surface area contributed by atoms with Crippen molar-refractivity contribution in [3.8, 4) is 5.75 Å². The first-order valence-electron chi connectivity index (χ1n) is 8.42. The molecule has 1 atom stereocenters. The molecule has 1 aromatic heterocycles. The molecule has 3 aromatic rings. The largest absolute Gasteiger partial charge is 0.483 e. The second-order valence-corrected chi connectivity index (χ2v) is 7.72. The Labute approximate surface area is 177 Å². The summed E-state index contributed by atoms with van der Waals surface area (Å²) in [6.07, 6.45) is -0.284. The van der Waals surface area contributed by atoms with E-state index in [9.17, 15) is 4.79 Å². The smallest absolute Gasteiger partial charge is 0.234 e. The van der Waals surface area contributed by atoms with Crippen LogP contribution in [0.25, 0.3) is 0 Å². The molecule has 0 aliphatic carbocycles. The molecule has 0 saturated heterocycles. The number of thioether (sulfide) groups is 1. The monoisotopic (exact) mass is 436 g/mol. The van der Waals surface area contributed by atoms with Crippen LogP contribution in [0.15, 0.2) is 53.7 Å². The lowest BCUT2D eigenvalue weighted by atomic mass is 10.3. The third-order valence-corrected chi connectivity index (χ3v) is 5.41. The molecule has 2 aromatic carbocycles. The van der Waals surface area contributed by atoms with E-state index in [4.69, 9.17) is 27.9 Å². The second-order valence-electron chi connectivity index (χ2n) is 5.93. The zero-order valence-corrected chi connectivity index (χ0v) is 17.6.